The van der Waals surface area contributed by atoms with Crippen molar-refractivity contribution >= 4 is 46.5 Å². The molecule has 0 N–H and O–H groups in total. The van der Waals surface area contributed by atoms with Gasteiger partial charge >= 0.3 is 0 Å². The molecule has 1 rings (SSSR count). The van der Waals surface area contributed by atoms with E-state index in [0.717, 1.165) is 4.34 Å². The maximum absolute atomic E-state index is 8.36. The molecule has 0 fully saturated rings. The number of thioether (sulfide) groups is 1. The van der Waals surface area contributed by atoms with Gasteiger partial charge in [0.1, 0.15) is 5.38 Å². The second-order valence-corrected chi connectivity index (χ2v) is 4.62. The second kappa shape index (κ2) is 4.87. The highest BCUT2D eigenvalue weighted by atomic mass is 35.5. The largest absolute Gasteiger partial charge is 0.235 e. The third-order valence-corrected chi connectivity index (χ3v) is 3.51. The van der Waals surface area contributed by atoms with Crippen LogP contribution in [0.1, 0.15) is 0 Å². The fourth-order valence-corrected chi connectivity index (χ4v) is 2.27. The van der Waals surface area contributed by atoms with E-state index in [1.165, 1.54) is 23.3 Å². The van der Waals surface area contributed by atoms with Gasteiger partial charge in [0.05, 0.1) is 6.07 Å². The van der Waals surface area contributed by atoms with Gasteiger partial charge in [-0.2, -0.15) is 14.6 Å². The summed E-state index contributed by atoms with van der Waals surface area (Å²) in [6.07, 6.45) is 0. The van der Waals surface area contributed by atoms with Crippen LogP contribution in [0.25, 0.3) is 0 Å². The summed E-state index contributed by atoms with van der Waals surface area (Å²) < 4.78 is 4.51. The molecule has 3 nitrogen and oxygen atoms in total. The topological polar surface area (TPSA) is 49.6 Å². The minimum atomic E-state index is -0.488. The molecule has 0 amide bonds. The van der Waals surface area contributed by atoms with Gasteiger partial charge in [0.2, 0.25) is 5.28 Å². The Morgan fingerprint density at radius 3 is 3.00 bits per heavy atom. The van der Waals surface area contributed by atoms with E-state index >= 15 is 0 Å². The zero-order valence-electron chi connectivity index (χ0n) is 5.70. The van der Waals surface area contributed by atoms with Crippen LogP contribution in [0.5, 0.6) is 0 Å². The van der Waals surface area contributed by atoms with Crippen molar-refractivity contribution < 1.29 is 0 Å². The molecule has 64 valence electrons. The maximum atomic E-state index is 8.36. The second-order valence-electron chi connectivity index (χ2n) is 1.74. The van der Waals surface area contributed by atoms with E-state index in [-0.39, 0.29) is 5.28 Å². The van der Waals surface area contributed by atoms with Crippen molar-refractivity contribution in [1.82, 2.24) is 9.36 Å². The first kappa shape index (κ1) is 10.1. The van der Waals surface area contributed by atoms with E-state index < -0.39 is 5.38 Å². The van der Waals surface area contributed by atoms with Crippen LogP contribution in [0.15, 0.2) is 4.34 Å². The zero-order valence-corrected chi connectivity index (χ0v) is 8.84. The van der Waals surface area contributed by atoms with E-state index in [4.69, 9.17) is 28.5 Å². The zero-order chi connectivity index (χ0) is 8.97. The number of hydrogen-bond donors (Lipinski definition) is 0. The number of nitriles is 1. The Kier molecular flexibility index (Phi) is 4.09. The van der Waals surface area contributed by atoms with Crippen molar-refractivity contribution in [1.29, 1.82) is 5.26 Å². The Balaban J connectivity index is 2.39. The van der Waals surface area contributed by atoms with Gasteiger partial charge in [0.15, 0.2) is 4.34 Å². The Labute approximate surface area is 87.9 Å². The first-order chi connectivity index (χ1) is 5.72. The summed E-state index contributed by atoms with van der Waals surface area (Å²) in [4.78, 5) is 3.88. The average molecular weight is 240 g/mol. The molecular formula is C5H3Cl2N3S2. The fourth-order valence-electron chi connectivity index (χ4n) is 0.433. The summed E-state index contributed by atoms with van der Waals surface area (Å²) >= 11 is 13.6. The van der Waals surface area contributed by atoms with Crippen molar-refractivity contribution in [3.05, 3.63) is 5.28 Å². The van der Waals surface area contributed by atoms with Crippen LogP contribution in [0.2, 0.25) is 5.28 Å². The molecule has 12 heavy (non-hydrogen) atoms. The molecule has 1 aromatic heterocycles. The molecule has 1 aromatic rings. The fraction of sp³-hybridized carbons (Fsp3) is 0.400. The molecule has 1 atom stereocenters. The monoisotopic (exact) mass is 239 g/mol. The summed E-state index contributed by atoms with van der Waals surface area (Å²) in [5, 5.41) is 8.12. The maximum Gasteiger partial charge on any atom is 0.235 e. The first-order valence-electron chi connectivity index (χ1n) is 2.88. The molecule has 0 saturated heterocycles. The van der Waals surface area contributed by atoms with E-state index in [2.05, 4.69) is 9.36 Å². The highest BCUT2D eigenvalue weighted by molar-refractivity contribution is 8.01. The molecule has 0 aliphatic rings. The van der Waals surface area contributed by atoms with Gasteiger partial charge in [0.25, 0.3) is 0 Å². The van der Waals surface area contributed by atoms with Gasteiger partial charge in [-0.25, -0.2) is 0 Å². The molecule has 0 aliphatic heterocycles. The Bertz CT molecular complexity index is 295. The Morgan fingerprint density at radius 2 is 2.50 bits per heavy atom. The van der Waals surface area contributed by atoms with E-state index in [1.54, 1.807) is 0 Å². The van der Waals surface area contributed by atoms with Gasteiger partial charge in [-0.05, 0) is 23.1 Å². The Hall–Kier alpha value is -0.0200. The number of aromatic nitrogens is 2. The lowest BCUT2D eigenvalue weighted by Crippen LogP contribution is -1.96. The molecule has 1 unspecified atom stereocenters. The smallest absolute Gasteiger partial charge is 0.198 e. The van der Waals surface area contributed by atoms with Crippen LogP contribution in [0.4, 0.5) is 0 Å². The number of hydrogen-bond acceptors (Lipinski definition) is 5. The van der Waals surface area contributed by atoms with Crippen LogP contribution in [-0.2, 0) is 0 Å². The molecule has 0 radical (unpaired) electrons. The lowest BCUT2D eigenvalue weighted by Gasteiger charge is -1.94. The molecule has 0 saturated carbocycles. The summed E-state index contributed by atoms with van der Waals surface area (Å²) in [6.45, 7) is 0. The molecule has 1 heterocycles. The van der Waals surface area contributed by atoms with Crippen LogP contribution in [0, 0.1) is 11.3 Å². The Morgan fingerprint density at radius 1 is 1.75 bits per heavy atom. The average Bonchev–Trinajstić information content (AvgIpc) is 2.47. The minimum Gasteiger partial charge on any atom is -0.198 e. The number of rotatable bonds is 3. The number of halogens is 2. The SMILES string of the molecule is N#CC(Cl)CSc1nc(Cl)ns1. The predicted molar refractivity (Wildman–Crippen MR) is 50.9 cm³/mol. The highest BCUT2D eigenvalue weighted by Gasteiger charge is 2.06. The molecule has 0 aromatic carbocycles. The van der Waals surface area contributed by atoms with Crippen molar-refractivity contribution in [2.24, 2.45) is 0 Å². The van der Waals surface area contributed by atoms with Crippen LogP contribution in [-0.4, -0.2) is 20.5 Å². The minimum absolute atomic E-state index is 0.241. The van der Waals surface area contributed by atoms with Crippen molar-refractivity contribution in [2.75, 3.05) is 5.75 Å². The molecule has 0 spiro atoms. The van der Waals surface area contributed by atoms with Gasteiger partial charge in [-0.3, -0.25) is 0 Å². The standard InChI is InChI=1S/C5H3Cl2N3S2/c6-3(1-8)2-11-5-9-4(7)10-12-5/h3H,2H2. The van der Waals surface area contributed by atoms with Crippen LogP contribution in [0.3, 0.4) is 0 Å². The number of alkyl halides is 1. The predicted octanol–water partition coefficient (Wildman–Crippen LogP) is 2.41. The third-order valence-electron chi connectivity index (χ3n) is 0.876. The van der Waals surface area contributed by atoms with Crippen molar-refractivity contribution in [2.45, 2.75) is 9.72 Å². The molecule has 7 heteroatoms. The summed E-state index contributed by atoms with van der Waals surface area (Å²) in [5.74, 6) is 0.504. The number of nitrogens with zero attached hydrogens (tertiary/aromatic N) is 3. The lowest BCUT2D eigenvalue weighted by molar-refractivity contribution is 1.19. The van der Waals surface area contributed by atoms with Crippen LogP contribution >= 0.6 is 46.5 Å². The summed E-state index contributed by atoms with van der Waals surface area (Å²) in [7, 11) is 0. The third kappa shape index (κ3) is 3.15. The van der Waals surface area contributed by atoms with E-state index in [9.17, 15) is 0 Å². The molecule has 0 aliphatic carbocycles. The van der Waals surface area contributed by atoms with Gasteiger partial charge in [-0.15, -0.1) is 11.6 Å². The highest BCUT2D eigenvalue weighted by Crippen LogP contribution is 2.23. The molecule has 0 bridgehead atoms. The van der Waals surface area contributed by atoms with Crippen molar-refractivity contribution in [3.63, 3.8) is 0 Å². The van der Waals surface area contributed by atoms with Gasteiger partial charge in [0, 0.05) is 5.75 Å². The molecular weight excluding hydrogens is 237 g/mol. The van der Waals surface area contributed by atoms with Crippen molar-refractivity contribution in [3.8, 4) is 6.07 Å². The first-order valence-corrected chi connectivity index (χ1v) is 5.45. The normalized spacial score (nSPS) is 12.4. The van der Waals surface area contributed by atoms with Crippen LogP contribution < -0.4 is 0 Å². The van der Waals surface area contributed by atoms with Gasteiger partial charge in [-0.1, -0.05) is 11.8 Å². The lowest BCUT2D eigenvalue weighted by atomic mass is 10.5. The summed E-state index contributed by atoms with van der Waals surface area (Å²) in [6, 6.07) is 1.91. The van der Waals surface area contributed by atoms with E-state index in [0.29, 0.717) is 5.75 Å². The van der Waals surface area contributed by atoms with E-state index in [1.807, 2.05) is 6.07 Å². The van der Waals surface area contributed by atoms with Gasteiger partial charge < -0.3 is 0 Å². The quantitative estimate of drug-likeness (QED) is 0.601. The summed E-state index contributed by atoms with van der Waals surface area (Å²) in [5.41, 5.74) is 0.